The molecule has 0 aliphatic heterocycles. The lowest BCUT2D eigenvalue weighted by atomic mass is 10.0. The van der Waals surface area contributed by atoms with E-state index < -0.39 is 0 Å². The minimum atomic E-state index is -0.158. The molecule has 0 atom stereocenters. The van der Waals surface area contributed by atoms with Crippen molar-refractivity contribution < 1.29 is 9.59 Å². The molecular formula is C19H25N3O2. The zero-order valence-corrected chi connectivity index (χ0v) is 15.0. The van der Waals surface area contributed by atoms with Crippen LogP contribution >= 0.6 is 0 Å². The fourth-order valence-electron chi connectivity index (χ4n) is 2.96. The minimum absolute atomic E-state index is 0.0169. The number of nitrogens with zero attached hydrogens (tertiary/aromatic N) is 2. The van der Waals surface area contributed by atoms with Crippen LogP contribution in [0.4, 0.5) is 5.69 Å². The molecule has 0 spiro atoms. The van der Waals surface area contributed by atoms with Crippen LogP contribution in [-0.2, 0) is 4.79 Å². The molecule has 0 fully saturated rings. The predicted molar refractivity (Wildman–Crippen MR) is 95.5 cm³/mol. The second-order valence-corrected chi connectivity index (χ2v) is 6.33. The van der Waals surface area contributed by atoms with Crippen LogP contribution in [0.25, 0.3) is 0 Å². The zero-order valence-electron chi connectivity index (χ0n) is 15.0. The minimum Gasteiger partial charge on any atom is -0.326 e. The topological polar surface area (TPSA) is 64.0 Å². The van der Waals surface area contributed by atoms with Gasteiger partial charge in [-0.3, -0.25) is 9.59 Å². The van der Waals surface area contributed by atoms with Gasteiger partial charge in [0.05, 0.1) is 5.69 Å². The molecule has 2 rings (SSSR count). The molecule has 1 aromatic carbocycles. The second-order valence-electron chi connectivity index (χ2n) is 6.33. The maximum atomic E-state index is 12.7. The Balaban J connectivity index is 2.22. The third kappa shape index (κ3) is 3.72. The van der Waals surface area contributed by atoms with E-state index in [4.69, 9.17) is 0 Å². The van der Waals surface area contributed by atoms with Gasteiger partial charge in [-0.05, 0) is 56.0 Å². The lowest BCUT2D eigenvalue weighted by molar-refractivity contribution is -0.116. The van der Waals surface area contributed by atoms with Gasteiger partial charge >= 0.3 is 0 Å². The Kier molecular flexibility index (Phi) is 5.54. The summed E-state index contributed by atoms with van der Waals surface area (Å²) in [5.74, 6) is 0.147. The number of carbonyl (C=O) groups excluding carboxylic acids is 2. The van der Waals surface area contributed by atoms with Crippen molar-refractivity contribution in [3.05, 3.63) is 46.8 Å². The average molecular weight is 327 g/mol. The Hall–Kier alpha value is -2.43. The predicted octanol–water partition coefficient (Wildman–Crippen LogP) is 4.05. The van der Waals surface area contributed by atoms with Gasteiger partial charge in [-0.25, -0.2) is 4.68 Å². The van der Waals surface area contributed by atoms with E-state index in [1.807, 2.05) is 20.8 Å². The van der Waals surface area contributed by atoms with E-state index in [0.29, 0.717) is 23.6 Å². The Morgan fingerprint density at radius 3 is 2.29 bits per heavy atom. The highest BCUT2D eigenvalue weighted by atomic mass is 16.2. The Morgan fingerprint density at radius 2 is 1.79 bits per heavy atom. The standard InChI is InChI=1S/C19H25N3O2/c1-6-7-17(23)20-16-10-8-15(9-11-16)19(24)22-14(5)18(12(2)3)13(4)21-22/h8-12H,6-7H2,1-5H3,(H,20,23). The molecule has 0 saturated carbocycles. The number of hydrogen-bond donors (Lipinski definition) is 1. The quantitative estimate of drug-likeness (QED) is 0.901. The van der Waals surface area contributed by atoms with Gasteiger partial charge in [-0.1, -0.05) is 20.8 Å². The van der Waals surface area contributed by atoms with Gasteiger partial charge in [0, 0.05) is 23.4 Å². The molecule has 128 valence electrons. The van der Waals surface area contributed by atoms with E-state index in [9.17, 15) is 9.59 Å². The molecule has 0 saturated heterocycles. The van der Waals surface area contributed by atoms with Crippen molar-refractivity contribution in [3.8, 4) is 0 Å². The van der Waals surface area contributed by atoms with Crippen molar-refractivity contribution in [1.82, 2.24) is 9.78 Å². The fourth-order valence-corrected chi connectivity index (χ4v) is 2.96. The maximum Gasteiger partial charge on any atom is 0.278 e. The molecular weight excluding hydrogens is 302 g/mol. The van der Waals surface area contributed by atoms with Crippen LogP contribution in [0.2, 0.25) is 0 Å². The van der Waals surface area contributed by atoms with Gasteiger partial charge in [0.15, 0.2) is 0 Å². The van der Waals surface area contributed by atoms with Crippen LogP contribution in [0.3, 0.4) is 0 Å². The summed E-state index contributed by atoms with van der Waals surface area (Å²) in [5.41, 5.74) is 4.13. The van der Waals surface area contributed by atoms with Gasteiger partial charge in [-0.2, -0.15) is 5.10 Å². The van der Waals surface area contributed by atoms with E-state index in [0.717, 1.165) is 23.4 Å². The van der Waals surface area contributed by atoms with Gasteiger partial charge in [0.2, 0.25) is 5.91 Å². The van der Waals surface area contributed by atoms with E-state index in [2.05, 4.69) is 24.3 Å². The van der Waals surface area contributed by atoms with Crippen LogP contribution in [0.5, 0.6) is 0 Å². The van der Waals surface area contributed by atoms with Gasteiger partial charge in [-0.15, -0.1) is 0 Å². The molecule has 0 radical (unpaired) electrons. The molecule has 0 unspecified atom stereocenters. The lowest BCUT2D eigenvalue weighted by Gasteiger charge is -2.08. The number of nitrogens with one attached hydrogen (secondary N) is 1. The van der Waals surface area contributed by atoms with E-state index in [1.165, 1.54) is 4.68 Å². The molecule has 24 heavy (non-hydrogen) atoms. The highest BCUT2D eigenvalue weighted by molar-refractivity contribution is 5.97. The van der Waals surface area contributed by atoms with Gasteiger partial charge in [0.1, 0.15) is 0 Å². The first-order valence-electron chi connectivity index (χ1n) is 8.35. The highest BCUT2D eigenvalue weighted by Gasteiger charge is 2.19. The van der Waals surface area contributed by atoms with E-state index in [1.54, 1.807) is 24.3 Å². The normalized spacial score (nSPS) is 10.9. The third-order valence-corrected chi connectivity index (χ3v) is 4.01. The average Bonchev–Trinajstić information content (AvgIpc) is 2.82. The summed E-state index contributed by atoms with van der Waals surface area (Å²) in [5, 5.41) is 7.22. The first kappa shape index (κ1) is 17.9. The summed E-state index contributed by atoms with van der Waals surface area (Å²) in [4.78, 5) is 24.3. The Morgan fingerprint density at radius 1 is 1.17 bits per heavy atom. The van der Waals surface area contributed by atoms with Gasteiger partial charge in [0.25, 0.3) is 5.91 Å². The van der Waals surface area contributed by atoms with Crippen molar-refractivity contribution in [1.29, 1.82) is 0 Å². The van der Waals surface area contributed by atoms with E-state index >= 15 is 0 Å². The summed E-state index contributed by atoms with van der Waals surface area (Å²) in [6, 6.07) is 6.93. The van der Waals surface area contributed by atoms with Crippen molar-refractivity contribution in [2.24, 2.45) is 0 Å². The molecule has 1 amide bonds. The van der Waals surface area contributed by atoms with E-state index in [-0.39, 0.29) is 11.8 Å². The van der Waals surface area contributed by atoms with Gasteiger partial charge < -0.3 is 5.32 Å². The van der Waals surface area contributed by atoms with Crippen molar-refractivity contribution in [2.75, 3.05) is 5.32 Å². The van der Waals surface area contributed by atoms with Crippen LogP contribution in [0.1, 0.15) is 66.8 Å². The molecule has 2 aromatic rings. The first-order chi connectivity index (χ1) is 11.3. The monoisotopic (exact) mass is 327 g/mol. The number of aromatic nitrogens is 2. The summed E-state index contributed by atoms with van der Waals surface area (Å²) < 4.78 is 1.47. The molecule has 1 aromatic heterocycles. The fraction of sp³-hybridized carbons (Fsp3) is 0.421. The molecule has 0 bridgehead atoms. The molecule has 5 nitrogen and oxygen atoms in total. The lowest BCUT2D eigenvalue weighted by Crippen LogP contribution is -2.16. The molecule has 0 aliphatic rings. The number of aryl methyl sites for hydroxylation is 1. The summed E-state index contributed by atoms with van der Waals surface area (Å²) in [6.45, 7) is 10.0. The van der Waals surface area contributed by atoms with Crippen LogP contribution in [-0.4, -0.2) is 21.6 Å². The Bertz CT molecular complexity index is 743. The summed E-state index contributed by atoms with van der Waals surface area (Å²) in [6.07, 6.45) is 1.29. The van der Waals surface area contributed by atoms with Crippen molar-refractivity contribution in [2.45, 2.75) is 53.4 Å². The number of carbonyl (C=O) groups is 2. The SMILES string of the molecule is CCCC(=O)Nc1ccc(C(=O)n2nc(C)c(C(C)C)c2C)cc1. The summed E-state index contributed by atoms with van der Waals surface area (Å²) in [7, 11) is 0. The largest absolute Gasteiger partial charge is 0.326 e. The highest BCUT2D eigenvalue weighted by Crippen LogP contribution is 2.23. The maximum absolute atomic E-state index is 12.7. The van der Waals surface area contributed by atoms with Crippen LogP contribution < -0.4 is 5.32 Å². The number of amides is 1. The first-order valence-corrected chi connectivity index (χ1v) is 8.35. The van der Waals surface area contributed by atoms with Crippen LogP contribution in [0.15, 0.2) is 24.3 Å². The number of rotatable bonds is 5. The zero-order chi connectivity index (χ0) is 17.9. The summed E-state index contributed by atoms with van der Waals surface area (Å²) >= 11 is 0. The Labute approximate surface area is 143 Å². The second kappa shape index (κ2) is 7.43. The molecule has 0 aliphatic carbocycles. The smallest absolute Gasteiger partial charge is 0.278 e. The van der Waals surface area contributed by atoms with Crippen molar-refractivity contribution >= 4 is 17.5 Å². The van der Waals surface area contributed by atoms with Crippen LogP contribution in [0, 0.1) is 13.8 Å². The molecule has 1 heterocycles. The third-order valence-electron chi connectivity index (χ3n) is 4.01. The molecule has 5 heteroatoms. The number of anilines is 1. The molecule has 1 N–H and O–H groups in total. The number of hydrogen-bond acceptors (Lipinski definition) is 3. The van der Waals surface area contributed by atoms with Crippen molar-refractivity contribution in [3.63, 3.8) is 0 Å². The number of benzene rings is 1.